The third kappa shape index (κ3) is 4.97. The van der Waals surface area contributed by atoms with Crippen LogP contribution in [0, 0.1) is 0 Å². The Labute approximate surface area is 147 Å². The first-order valence-corrected chi connectivity index (χ1v) is 7.98. The number of likely N-dealkylation sites (N-methyl/N-ethyl adjacent to an activating group) is 1. The summed E-state index contributed by atoms with van der Waals surface area (Å²) < 4.78 is 11.0. The molecule has 1 aromatic carbocycles. The Balaban J connectivity index is 2.09. The van der Waals surface area contributed by atoms with Crippen molar-refractivity contribution >= 4 is 17.8 Å². The molecule has 0 aliphatic rings. The number of carbonyl (C=O) groups excluding carboxylic acids is 1. The minimum atomic E-state index is -0.123. The topological polar surface area (TPSA) is 77.7 Å². The molecule has 0 unspecified atom stereocenters. The minimum Gasteiger partial charge on any atom is -0.493 e. The number of hydrogen-bond acceptors (Lipinski definition) is 5. The lowest BCUT2D eigenvalue weighted by molar-refractivity contribution is -0.125. The average molecular weight is 341 g/mol. The smallest absolute Gasteiger partial charge is 0.246 e. The number of nitrogen functional groups attached to an aromatic ring is 1. The summed E-state index contributed by atoms with van der Waals surface area (Å²) in [4.78, 5) is 17.9. The van der Waals surface area contributed by atoms with E-state index >= 15 is 0 Å². The SMILES string of the molecule is CCOc1c(CN(C)C(=O)C=Cc2ccc(N)nc2)cccc1OC. The van der Waals surface area contributed by atoms with Crippen LogP contribution >= 0.6 is 0 Å². The van der Waals surface area contributed by atoms with Gasteiger partial charge in [-0.15, -0.1) is 0 Å². The van der Waals surface area contributed by atoms with E-state index in [1.807, 2.05) is 25.1 Å². The van der Waals surface area contributed by atoms with Crippen molar-refractivity contribution in [2.24, 2.45) is 0 Å². The summed E-state index contributed by atoms with van der Waals surface area (Å²) in [5, 5.41) is 0. The predicted molar refractivity (Wildman–Crippen MR) is 98.3 cm³/mol. The van der Waals surface area contributed by atoms with E-state index in [1.54, 1.807) is 43.5 Å². The van der Waals surface area contributed by atoms with E-state index in [0.717, 1.165) is 11.1 Å². The maximum Gasteiger partial charge on any atom is 0.246 e. The van der Waals surface area contributed by atoms with Gasteiger partial charge in [-0.2, -0.15) is 0 Å². The molecule has 2 aromatic rings. The molecule has 0 radical (unpaired) electrons. The Kier molecular flexibility index (Phi) is 6.39. The number of para-hydroxylation sites is 1. The number of aromatic nitrogens is 1. The molecule has 1 aromatic heterocycles. The average Bonchev–Trinajstić information content (AvgIpc) is 2.62. The Morgan fingerprint density at radius 3 is 2.76 bits per heavy atom. The number of pyridine rings is 1. The molecule has 0 fully saturated rings. The largest absolute Gasteiger partial charge is 0.493 e. The maximum atomic E-state index is 12.3. The number of nitrogens with zero attached hydrogens (tertiary/aromatic N) is 2. The first-order valence-electron chi connectivity index (χ1n) is 7.98. The molecule has 2 N–H and O–H groups in total. The second-order valence-electron chi connectivity index (χ2n) is 5.43. The number of amides is 1. The lowest BCUT2D eigenvalue weighted by atomic mass is 10.1. The van der Waals surface area contributed by atoms with E-state index in [-0.39, 0.29) is 5.91 Å². The molecule has 25 heavy (non-hydrogen) atoms. The van der Waals surface area contributed by atoms with Gasteiger partial charge in [-0.05, 0) is 36.8 Å². The van der Waals surface area contributed by atoms with E-state index in [9.17, 15) is 4.79 Å². The molecular formula is C19H23N3O3. The van der Waals surface area contributed by atoms with Gasteiger partial charge < -0.3 is 20.1 Å². The number of carbonyl (C=O) groups is 1. The van der Waals surface area contributed by atoms with Gasteiger partial charge in [-0.1, -0.05) is 12.1 Å². The molecule has 132 valence electrons. The number of methoxy groups -OCH3 is 1. The number of ether oxygens (including phenoxy) is 2. The Morgan fingerprint density at radius 1 is 1.32 bits per heavy atom. The fourth-order valence-electron chi connectivity index (χ4n) is 2.30. The molecule has 0 aliphatic heterocycles. The van der Waals surface area contributed by atoms with Crippen LogP contribution in [-0.2, 0) is 11.3 Å². The van der Waals surface area contributed by atoms with E-state index in [1.165, 1.54) is 6.08 Å². The zero-order valence-corrected chi connectivity index (χ0v) is 14.7. The van der Waals surface area contributed by atoms with Gasteiger partial charge in [-0.25, -0.2) is 4.98 Å². The molecule has 0 spiro atoms. The Morgan fingerprint density at radius 2 is 2.12 bits per heavy atom. The fraction of sp³-hybridized carbons (Fsp3) is 0.263. The number of rotatable bonds is 7. The van der Waals surface area contributed by atoms with Gasteiger partial charge >= 0.3 is 0 Å². The third-order valence-corrected chi connectivity index (χ3v) is 3.58. The standard InChI is InChI=1S/C19H23N3O3/c1-4-25-19-15(6-5-7-16(19)24-3)13-22(2)18(23)11-9-14-8-10-17(20)21-12-14/h5-12H,4,13H2,1-3H3,(H2,20,21). The Bertz CT molecular complexity index is 742. The van der Waals surface area contributed by atoms with E-state index in [4.69, 9.17) is 15.2 Å². The van der Waals surface area contributed by atoms with Crippen LogP contribution in [0.4, 0.5) is 5.82 Å². The van der Waals surface area contributed by atoms with Crippen LogP contribution in [-0.4, -0.2) is 36.6 Å². The van der Waals surface area contributed by atoms with Crippen molar-refractivity contribution in [3.05, 3.63) is 53.7 Å². The van der Waals surface area contributed by atoms with Gasteiger partial charge in [0, 0.05) is 31.4 Å². The molecule has 6 nitrogen and oxygen atoms in total. The molecule has 1 amide bonds. The van der Waals surface area contributed by atoms with E-state index in [0.29, 0.717) is 30.5 Å². The van der Waals surface area contributed by atoms with Crippen LogP contribution in [0.25, 0.3) is 6.08 Å². The van der Waals surface area contributed by atoms with Crippen molar-refractivity contribution in [1.82, 2.24) is 9.88 Å². The van der Waals surface area contributed by atoms with Crippen molar-refractivity contribution in [3.8, 4) is 11.5 Å². The lowest BCUT2D eigenvalue weighted by Gasteiger charge is -2.19. The van der Waals surface area contributed by atoms with Crippen molar-refractivity contribution in [2.75, 3.05) is 26.5 Å². The molecule has 0 saturated heterocycles. The van der Waals surface area contributed by atoms with Gasteiger partial charge in [0.05, 0.1) is 13.7 Å². The molecule has 2 rings (SSSR count). The normalized spacial score (nSPS) is 10.7. The molecule has 6 heteroatoms. The van der Waals surface area contributed by atoms with E-state index in [2.05, 4.69) is 4.98 Å². The summed E-state index contributed by atoms with van der Waals surface area (Å²) in [6.45, 7) is 2.85. The van der Waals surface area contributed by atoms with Crippen LogP contribution in [0.3, 0.4) is 0 Å². The van der Waals surface area contributed by atoms with Crippen molar-refractivity contribution in [2.45, 2.75) is 13.5 Å². The van der Waals surface area contributed by atoms with Crippen LogP contribution in [0.2, 0.25) is 0 Å². The fourth-order valence-corrected chi connectivity index (χ4v) is 2.30. The molecule has 1 heterocycles. The number of benzene rings is 1. The number of anilines is 1. The highest BCUT2D eigenvalue weighted by Crippen LogP contribution is 2.31. The minimum absolute atomic E-state index is 0.123. The zero-order chi connectivity index (χ0) is 18.2. The maximum absolute atomic E-state index is 12.3. The molecule has 0 aliphatic carbocycles. The first-order chi connectivity index (χ1) is 12.0. The molecule has 0 atom stereocenters. The summed E-state index contributed by atoms with van der Waals surface area (Å²) in [6, 6.07) is 9.14. The van der Waals surface area contributed by atoms with Gasteiger partial charge in [-0.3, -0.25) is 4.79 Å². The number of nitrogens with two attached hydrogens (primary N) is 1. The summed E-state index contributed by atoms with van der Waals surface area (Å²) in [5.74, 6) is 1.65. The molecule has 0 bridgehead atoms. The highest BCUT2D eigenvalue weighted by atomic mass is 16.5. The zero-order valence-electron chi connectivity index (χ0n) is 14.7. The predicted octanol–water partition coefficient (Wildman–Crippen LogP) is 2.74. The highest BCUT2D eigenvalue weighted by Gasteiger charge is 2.14. The van der Waals surface area contributed by atoms with Crippen LogP contribution < -0.4 is 15.2 Å². The van der Waals surface area contributed by atoms with Gasteiger partial charge in [0.1, 0.15) is 5.82 Å². The summed E-state index contributed by atoms with van der Waals surface area (Å²) >= 11 is 0. The highest BCUT2D eigenvalue weighted by molar-refractivity contribution is 5.91. The van der Waals surface area contributed by atoms with Crippen molar-refractivity contribution in [1.29, 1.82) is 0 Å². The number of hydrogen-bond donors (Lipinski definition) is 1. The monoisotopic (exact) mass is 341 g/mol. The van der Waals surface area contributed by atoms with Crippen LogP contribution in [0.5, 0.6) is 11.5 Å². The lowest BCUT2D eigenvalue weighted by Crippen LogP contribution is -2.24. The van der Waals surface area contributed by atoms with Crippen molar-refractivity contribution in [3.63, 3.8) is 0 Å². The first kappa shape index (κ1) is 18.3. The quantitative estimate of drug-likeness (QED) is 0.784. The van der Waals surface area contributed by atoms with Gasteiger partial charge in [0.2, 0.25) is 5.91 Å². The second-order valence-corrected chi connectivity index (χ2v) is 5.43. The van der Waals surface area contributed by atoms with Crippen molar-refractivity contribution < 1.29 is 14.3 Å². The summed E-state index contributed by atoms with van der Waals surface area (Å²) in [5.41, 5.74) is 7.25. The van der Waals surface area contributed by atoms with E-state index < -0.39 is 0 Å². The van der Waals surface area contributed by atoms with Gasteiger partial charge in [0.15, 0.2) is 11.5 Å². The summed E-state index contributed by atoms with van der Waals surface area (Å²) in [6.07, 6.45) is 4.84. The second kappa shape index (κ2) is 8.73. The Hall–Kier alpha value is -3.02. The van der Waals surface area contributed by atoms with Gasteiger partial charge in [0.25, 0.3) is 0 Å². The third-order valence-electron chi connectivity index (χ3n) is 3.58. The van der Waals surface area contributed by atoms with Crippen LogP contribution in [0.15, 0.2) is 42.6 Å². The molecule has 0 saturated carbocycles. The summed E-state index contributed by atoms with van der Waals surface area (Å²) in [7, 11) is 3.34. The molecular weight excluding hydrogens is 318 g/mol. The van der Waals surface area contributed by atoms with Crippen LogP contribution in [0.1, 0.15) is 18.1 Å².